The van der Waals surface area contributed by atoms with E-state index in [0.717, 1.165) is 37.6 Å². The lowest BCUT2D eigenvalue weighted by atomic mass is 9.94. The number of imidazole rings is 1. The molecule has 4 atom stereocenters. The number of carbonyl (C=O) groups is 3. The summed E-state index contributed by atoms with van der Waals surface area (Å²) in [5.41, 5.74) is 1.06. The number of fused-ring (bicyclic) bond motifs is 4. The second kappa shape index (κ2) is 25.9. The molecule has 4 saturated heterocycles. The lowest BCUT2D eigenvalue weighted by Crippen LogP contribution is -2.50. The van der Waals surface area contributed by atoms with Gasteiger partial charge in [0.2, 0.25) is 11.8 Å². The molecule has 3 aromatic carbocycles. The summed E-state index contributed by atoms with van der Waals surface area (Å²) in [4.78, 5) is 69.1. The van der Waals surface area contributed by atoms with Gasteiger partial charge in [0.25, 0.3) is 8.32 Å². The minimum Gasteiger partial charge on any atom is -0.543 e. The van der Waals surface area contributed by atoms with Crippen molar-refractivity contribution in [3.05, 3.63) is 76.3 Å². The van der Waals surface area contributed by atoms with Crippen LogP contribution in [0.2, 0.25) is 16.6 Å². The molecule has 6 aromatic rings. The first-order valence-electron chi connectivity index (χ1n) is 30.6. The summed E-state index contributed by atoms with van der Waals surface area (Å²) in [5.74, 6) is -0.404. The van der Waals surface area contributed by atoms with Crippen LogP contribution in [0.3, 0.4) is 0 Å². The van der Waals surface area contributed by atoms with Gasteiger partial charge in [-0.05, 0) is 128 Å². The molecule has 0 saturated carbocycles. The van der Waals surface area contributed by atoms with Crippen molar-refractivity contribution in [3.63, 3.8) is 0 Å². The Morgan fingerprint density at radius 1 is 0.872 bits per heavy atom. The highest BCUT2D eigenvalue weighted by molar-refractivity contribution is 6.78. The number of aromatic nitrogens is 5. The number of amides is 3. The minimum atomic E-state index is -2.49. The van der Waals surface area contributed by atoms with Crippen molar-refractivity contribution in [2.24, 2.45) is 7.05 Å². The first-order chi connectivity index (χ1) is 41.1. The van der Waals surface area contributed by atoms with Gasteiger partial charge in [-0.15, -0.1) is 0 Å². The molecule has 3 N–H and O–H groups in total. The summed E-state index contributed by atoms with van der Waals surface area (Å²) in [7, 11) is -0.870. The molecule has 0 bridgehead atoms. The number of piperidine rings is 2. The Kier molecular flexibility index (Phi) is 18.7. The summed E-state index contributed by atoms with van der Waals surface area (Å²) >= 11 is 0. The number of hydrogen-bond donors (Lipinski definition) is 3. The molecule has 3 amide bonds. The number of carbonyl (C=O) groups excluding carboxylic acids is 3. The molecule has 20 nitrogen and oxygen atoms in total. The number of pyridine rings is 1. The highest BCUT2D eigenvalue weighted by Crippen LogP contribution is 2.47. The number of anilines is 1. The predicted octanol–water partition coefficient (Wildman–Crippen LogP) is 9.44. The zero-order chi connectivity index (χ0) is 61.2. The predicted molar refractivity (Wildman–Crippen MR) is 326 cm³/mol. The van der Waals surface area contributed by atoms with Crippen molar-refractivity contribution in [2.45, 2.75) is 153 Å². The summed E-state index contributed by atoms with van der Waals surface area (Å²) in [6.45, 7) is 20.5. The molecule has 0 aliphatic carbocycles. The van der Waals surface area contributed by atoms with E-state index in [4.69, 9.17) is 43.1 Å². The number of hydrogen-bond acceptors (Lipinski definition) is 16. The molecule has 4 aliphatic rings. The van der Waals surface area contributed by atoms with Gasteiger partial charge in [-0.3, -0.25) is 33.9 Å². The molecule has 4 fully saturated rings. The maximum atomic E-state index is 17.9. The van der Waals surface area contributed by atoms with E-state index in [0.29, 0.717) is 89.3 Å². The Morgan fingerprint density at radius 3 is 2.35 bits per heavy atom. The number of alkyl carbamates (subject to hydrolysis) is 1. The normalized spacial score (nSPS) is 21.1. The van der Waals surface area contributed by atoms with Gasteiger partial charge in [0.15, 0.2) is 5.82 Å². The van der Waals surface area contributed by atoms with Gasteiger partial charge in [0, 0.05) is 57.0 Å². The molecule has 0 spiro atoms. The third-order valence-corrected chi connectivity index (χ3v) is 24.3. The highest BCUT2D eigenvalue weighted by Gasteiger charge is 2.51. The molecule has 10 rings (SSSR count). The van der Waals surface area contributed by atoms with E-state index in [1.54, 1.807) is 44.4 Å². The van der Waals surface area contributed by atoms with Crippen LogP contribution in [-0.2, 0) is 37.3 Å². The summed E-state index contributed by atoms with van der Waals surface area (Å²) in [5, 5.41) is 18.0. The van der Waals surface area contributed by atoms with Crippen molar-refractivity contribution >= 4 is 64.8 Å². The number of aryl methyl sites for hydroxylation is 2. The Balaban J connectivity index is 0.751. The van der Waals surface area contributed by atoms with Gasteiger partial charge in [0.1, 0.15) is 60.2 Å². The van der Waals surface area contributed by atoms with Crippen molar-refractivity contribution in [1.82, 2.24) is 39.6 Å². The Labute approximate surface area is 501 Å². The van der Waals surface area contributed by atoms with Gasteiger partial charge in [0.05, 0.1) is 54.0 Å². The number of aliphatic hydroxyl groups is 1. The number of nitrogens with one attached hydrogen (secondary N) is 2. The third kappa shape index (κ3) is 12.5. The monoisotopic (exact) mass is 1210 g/mol. The first kappa shape index (κ1) is 62.3. The van der Waals surface area contributed by atoms with Gasteiger partial charge in [-0.2, -0.15) is 9.97 Å². The molecule has 4 aliphatic heterocycles. The number of halogens is 2. The van der Waals surface area contributed by atoms with E-state index < -0.39 is 43.3 Å². The second-order valence-electron chi connectivity index (χ2n) is 24.8. The van der Waals surface area contributed by atoms with Crippen LogP contribution in [-0.4, -0.2) is 150 Å². The number of ether oxygens (including phenoxy) is 5. The van der Waals surface area contributed by atoms with Gasteiger partial charge in [-0.25, -0.2) is 18.4 Å². The highest BCUT2D eigenvalue weighted by atomic mass is 28.4. The van der Waals surface area contributed by atoms with E-state index in [9.17, 15) is 24.3 Å². The summed E-state index contributed by atoms with van der Waals surface area (Å²) < 4.78 is 73.4. The van der Waals surface area contributed by atoms with Gasteiger partial charge >= 0.3 is 17.8 Å². The quantitative estimate of drug-likeness (QED) is 0.0292. The fourth-order valence-corrected chi connectivity index (χ4v) is 19.4. The van der Waals surface area contributed by atoms with Crippen molar-refractivity contribution in [1.29, 1.82) is 0 Å². The Bertz CT molecular complexity index is 3540. The molecule has 0 radical (unpaired) electrons. The maximum Gasteiger partial charge on any atom is 0.407 e. The van der Waals surface area contributed by atoms with Crippen molar-refractivity contribution in [2.75, 3.05) is 77.3 Å². The zero-order valence-electron chi connectivity index (χ0n) is 51.1. The fraction of sp³-hybridized carbons (Fsp3) is 0.571. The average molecular weight is 1210 g/mol. The molecule has 7 heterocycles. The summed E-state index contributed by atoms with van der Waals surface area (Å²) in [6.07, 6.45) is 6.38. The zero-order valence-corrected chi connectivity index (χ0v) is 52.1. The Morgan fingerprint density at radius 2 is 1.62 bits per heavy atom. The van der Waals surface area contributed by atoms with Gasteiger partial charge < -0.3 is 43.4 Å². The van der Waals surface area contributed by atoms with Crippen molar-refractivity contribution < 1.29 is 56.4 Å². The largest absolute Gasteiger partial charge is 0.543 e. The second-order valence-corrected chi connectivity index (χ2v) is 30.2. The van der Waals surface area contributed by atoms with Crippen molar-refractivity contribution in [3.8, 4) is 28.8 Å². The van der Waals surface area contributed by atoms with Crippen LogP contribution in [0.5, 0.6) is 17.5 Å². The van der Waals surface area contributed by atoms with Gasteiger partial charge in [-0.1, -0.05) is 54.5 Å². The average Bonchev–Trinajstić information content (AvgIpc) is 1.01. The molecule has 23 heteroatoms. The lowest BCUT2D eigenvalue weighted by molar-refractivity contribution is -0.135. The van der Waals surface area contributed by atoms with E-state index in [1.165, 1.54) is 15.2 Å². The van der Waals surface area contributed by atoms with Crippen LogP contribution in [0.1, 0.15) is 118 Å². The number of rotatable bonds is 24. The molecular formula is C63H83F2N9O11Si. The third-order valence-electron chi connectivity index (χ3n) is 18.2. The van der Waals surface area contributed by atoms with Crippen LogP contribution in [0, 0.1) is 11.6 Å². The van der Waals surface area contributed by atoms with Crippen LogP contribution in [0.25, 0.3) is 44.0 Å². The van der Waals surface area contributed by atoms with Crippen LogP contribution >= 0.6 is 0 Å². The first-order valence-corrected chi connectivity index (χ1v) is 32.7. The fourth-order valence-electron chi connectivity index (χ4n) is 14.2. The molecule has 1 unspecified atom stereocenters. The molecule has 86 heavy (non-hydrogen) atoms. The Hall–Kier alpha value is -6.79. The van der Waals surface area contributed by atoms with E-state index in [2.05, 4.69) is 57.1 Å². The lowest BCUT2D eigenvalue weighted by Gasteiger charge is -2.42. The number of benzene rings is 3. The number of nitrogens with zero attached hydrogens (tertiary/aromatic N) is 7. The molecule has 3 aromatic heterocycles. The minimum absolute atomic E-state index is 0.000871. The van der Waals surface area contributed by atoms with E-state index in [1.807, 2.05) is 24.0 Å². The standard InChI is InChI=1S/C63H83F2N9O11Si/c1-10-45-48(64)15-13-41-31-44(85-86(38(2)3,39(4)5)40(6)7)32-46(53(41)45)55-54(65)56-47(34-67-55)57(72-24-11-20-62(8,79)36-72)70-59(69-56)84-37-63-21-12-25-73(63)42(19-22-63)35-83-60(77)66-23-26-80-27-28-81-29-30-82-43-14-16-49-51(33-43)71(9)61(78)74(49)50-17-18-52(75)68-58(50)76/h13-16,31-34,38-40,42,50,79H,10-12,17-30,35-37H2,1-9H3,(H,66,77)(H,68,75,76)/t42-,50?,62+,63-/m0/s1. The SMILES string of the molecule is CCc1c(F)ccc2cc(O[Si](C(C)C)(C(C)C)C(C)C)cc(-c3ncc4c(N5CCC[C@@](C)(O)C5)nc(OC[C@@]56CCCN5[C@H](COC(=O)NCCOCCOCCOc5ccc7c(c5)n(C)c(=O)n7C5CCC(=O)NC5=O)CC6)nc4c3F)c12. The topological polar surface area (TPSA) is 223 Å². The number of β-amino-alcohol motifs (C(OH)–C–C–N with tert-alkyl or cyclic N) is 1. The van der Waals surface area contributed by atoms with E-state index >= 15 is 8.78 Å². The molecule has 464 valence electrons. The molecular weight excluding hydrogens is 1120 g/mol. The van der Waals surface area contributed by atoms with Crippen LogP contribution in [0.15, 0.2) is 53.5 Å². The maximum absolute atomic E-state index is 17.9. The summed E-state index contributed by atoms with van der Waals surface area (Å²) in [6, 6.07) is 11.3. The van der Waals surface area contributed by atoms with E-state index in [-0.39, 0.29) is 116 Å². The number of imide groups is 1. The smallest absolute Gasteiger partial charge is 0.407 e. The van der Waals surface area contributed by atoms with Crippen LogP contribution < -0.4 is 35.1 Å². The van der Waals surface area contributed by atoms with Crippen LogP contribution in [0.4, 0.5) is 19.4 Å².